The van der Waals surface area contributed by atoms with Crippen molar-refractivity contribution < 1.29 is 4.74 Å². The van der Waals surface area contributed by atoms with E-state index in [4.69, 9.17) is 21.7 Å². The Kier molecular flexibility index (Phi) is 7.40. The first kappa shape index (κ1) is 20.7. The number of halogens is 2. The van der Waals surface area contributed by atoms with Gasteiger partial charge in [0.15, 0.2) is 0 Å². The largest absolute Gasteiger partial charge is 0.478 e. The quantitative estimate of drug-likeness (QED) is 0.285. The summed E-state index contributed by atoms with van der Waals surface area (Å²) < 4.78 is 6.65. The van der Waals surface area contributed by atoms with Gasteiger partial charge in [0.25, 0.3) is 0 Å². The Balaban J connectivity index is 1.55. The van der Waals surface area contributed by atoms with Crippen LogP contribution in [0.5, 0.6) is 0 Å². The Morgan fingerprint density at radius 2 is 2.04 bits per heavy atom. The van der Waals surface area contributed by atoms with Gasteiger partial charge < -0.3 is 15.0 Å². The average Bonchev–Trinajstić information content (AvgIpc) is 3.10. The number of anilines is 1. The van der Waals surface area contributed by atoms with Crippen LogP contribution < -0.4 is 5.32 Å². The van der Waals surface area contributed by atoms with Gasteiger partial charge in [-0.15, -0.1) is 0 Å². The lowest BCUT2D eigenvalue weighted by Crippen LogP contribution is -2.20. The fraction of sp³-hybridized carbons (Fsp3) is 0.318. The maximum absolute atomic E-state index is 8.37. The van der Waals surface area contributed by atoms with E-state index in [1.54, 1.807) is 0 Å². The van der Waals surface area contributed by atoms with Crippen LogP contribution in [-0.2, 0) is 11.3 Å². The number of hydrogen-bond acceptors (Lipinski definition) is 4. The summed E-state index contributed by atoms with van der Waals surface area (Å²) in [5, 5.41) is 12.5. The highest BCUT2D eigenvalue weighted by atomic mass is 79.9. The Hall–Kier alpha value is -1.98. The number of likely N-dealkylation sites (tertiary alicyclic amines) is 1. The van der Waals surface area contributed by atoms with E-state index >= 15 is 0 Å². The fourth-order valence-electron chi connectivity index (χ4n) is 3.23. The third-order valence-corrected chi connectivity index (χ3v) is 5.53. The third kappa shape index (κ3) is 5.76. The minimum atomic E-state index is 0.181. The first-order valence-corrected chi connectivity index (χ1v) is 10.6. The maximum Gasteiger partial charge on any atom is 0.215 e. The maximum atomic E-state index is 8.37. The highest BCUT2D eigenvalue weighted by Gasteiger charge is 2.15. The molecule has 4 nitrogen and oxygen atoms in total. The normalized spacial score (nSPS) is 13.6. The molecule has 3 rings (SSSR count). The third-order valence-electron chi connectivity index (χ3n) is 4.78. The van der Waals surface area contributed by atoms with E-state index in [0.29, 0.717) is 13.2 Å². The van der Waals surface area contributed by atoms with E-state index in [9.17, 15) is 0 Å². The van der Waals surface area contributed by atoms with Crippen LogP contribution in [0.4, 0.5) is 5.69 Å². The van der Waals surface area contributed by atoms with Crippen molar-refractivity contribution in [2.45, 2.75) is 25.8 Å². The van der Waals surface area contributed by atoms with Gasteiger partial charge in [0.2, 0.25) is 5.90 Å². The van der Waals surface area contributed by atoms with Crippen LogP contribution in [0.2, 0.25) is 5.02 Å². The molecule has 2 aromatic carbocycles. The number of ether oxygens (including phenoxy) is 1. The van der Waals surface area contributed by atoms with Crippen LogP contribution in [0.3, 0.4) is 0 Å². The van der Waals surface area contributed by atoms with Gasteiger partial charge in [-0.25, -0.2) is 0 Å². The molecule has 2 aromatic rings. The van der Waals surface area contributed by atoms with Crippen LogP contribution in [-0.4, -0.2) is 30.5 Å². The topological polar surface area (TPSA) is 48.4 Å². The van der Waals surface area contributed by atoms with Crippen molar-refractivity contribution in [1.82, 2.24) is 4.90 Å². The van der Waals surface area contributed by atoms with Gasteiger partial charge in [-0.05, 0) is 55.2 Å². The molecule has 0 saturated carbocycles. The zero-order chi connectivity index (χ0) is 19.9. The van der Waals surface area contributed by atoms with Crippen molar-refractivity contribution in [1.29, 1.82) is 5.41 Å². The number of benzene rings is 2. The SMILES string of the molecule is C=C1CCCN1CCCOC(=N)c1cc(Br)ccc1NCc1ccc(Cl)cc1. The summed E-state index contributed by atoms with van der Waals surface area (Å²) in [6.45, 7) is 7.28. The predicted molar refractivity (Wildman–Crippen MR) is 120 cm³/mol. The van der Waals surface area contributed by atoms with Crippen molar-refractivity contribution in [3.05, 3.63) is 75.4 Å². The summed E-state index contributed by atoms with van der Waals surface area (Å²) >= 11 is 9.44. The Labute approximate surface area is 180 Å². The lowest BCUT2D eigenvalue weighted by Gasteiger charge is -2.19. The molecule has 0 bridgehead atoms. The number of hydrogen-bond donors (Lipinski definition) is 2. The predicted octanol–water partition coefficient (Wildman–Crippen LogP) is 6.06. The van der Waals surface area contributed by atoms with E-state index in [0.717, 1.165) is 52.2 Å². The molecule has 1 aliphatic heterocycles. The molecular formula is C22H25BrClN3O. The molecule has 6 heteroatoms. The molecule has 28 heavy (non-hydrogen) atoms. The van der Waals surface area contributed by atoms with Crippen molar-refractivity contribution in [3.8, 4) is 0 Å². The van der Waals surface area contributed by atoms with Gasteiger partial charge in [0, 0.05) is 40.5 Å². The monoisotopic (exact) mass is 461 g/mol. The number of allylic oxidation sites excluding steroid dienone is 1. The molecule has 0 spiro atoms. The summed E-state index contributed by atoms with van der Waals surface area (Å²) in [5.41, 5.74) is 3.96. The van der Waals surface area contributed by atoms with E-state index in [1.807, 2.05) is 42.5 Å². The molecular weight excluding hydrogens is 438 g/mol. The van der Waals surface area contributed by atoms with Crippen molar-refractivity contribution >= 4 is 39.1 Å². The molecule has 1 saturated heterocycles. The second kappa shape index (κ2) is 9.99. The van der Waals surface area contributed by atoms with E-state index in [1.165, 1.54) is 12.1 Å². The van der Waals surface area contributed by atoms with E-state index < -0.39 is 0 Å². The van der Waals surface area contributed by atoms with Crippen molar-refractivity contribution in [2.75, 3.05) is 25.0 Å². The molecule has 0 aromatic heterocycles. The molecule has 0 aliphatic carbocycles. The molecule has 1 fully saturated rings. The van der Waals surface area contributed by atoms with E-state index in [-0.39, 0.29) is 5.90 Å². The number of rotatable bonds is 8. The van der Waals surface area contributed by atoms with Crippen molar-refractivity contribution in [2.24, 2.45) is 0 Å². The van der Waals surface area contributed by atoms with Gasteiger partial charge in [-0.3, -0.25) is 5.41 Å². The second-order valence-electron chi connectivity index (χ2n) is 6.86. The summed E-state index contributed by atoms with van der Waals surface area (Å²) in [4.78, 5) is 2.31. The Morgan fingerprint density at radius 1 is 1.25 bits per heavy atom. The average molecular weight is 463 g/mol. The molecule has 2 N–H and O–H groups in total. The highest BCUT2D eigenvalue weighted by Crippen LogP contribution is 2.23. The number of nitrogens with one attached hydrogen (secondary N) is 2. The van der Waals surface area contributed by atoms with E-state index in [2.05, 4.69) is 32.7 Å². The minimum Gasteiger partial charge on any atom is -0.478 e. The lowest BCUT2D eigenvalue weighted by molar-refractivity contribution is 0.268. The van der Waals surface area contributed by atoms with Crippen LogP contribution in [0.1, 0.15) is 30.4 Å². The summed E-state index contributed by atoms with van der Waals surface area (Å²) in [7, 11) is 0. The smallest absolute Gasteiger partial charge is 0.215 e. The van der Waals surface area contributed by atoms with Gasteiger partial charge >= 0.3 is 0 Å². The second-order valence-corrected chi connectivity index (χ2v) is 8.21. The molecule has 0 atom stereocenters. The standard InChI is InChI=1S/C22H25BrClN3O/c1-16-4-2-11-27(16)12-3-13-28-22(25)20-14-18(23)7-10-21(20)26-15-17-5-8-19(24)9-6-17/h5-10,14,25-26H,1-4,11-13,15H2. The molecule has 148 valence electrons. The molecule has 1 aliphatic rings. The first-order valence-electron chi connectivity index (χ1n) is 9.45. The lowest BCUT2D eigenvalue weighted by atomic mass is 10.1. The Morgan fingerprint density at radius 3 is 2.75 bits per heavy atom. The van der Waals surface area contributed by atoms with Crippen LogP contribution in [0.15, 0.2) is 59.2 Å². The molecule has 0 radical (unpaired) electrons. The first-order chi connectivity index (χ1) is 13.5. The summed E-state index contributed by atoms with van der Waals surface area (Å²) in [6.07, 6.45) is 3.16. The van der Waals surface area contributed by atoms with Crippen LogP contribution >= 0.6 is 27.5 Å². The van der Waals surface area contributed by atoms with Crippen LogP contribution in [0, 0.1) is 5.41 Å². The highest BCUT2D eigenvalue weighted by molar-refractivity contribution is 9.10. The van der Waals surface area contributed by atoms with Gasteiger partial charge in [-0.2, -0.15) is 0 Å². The van der Waals surface area contributed by atoms with Gasteiger partial charge in [0.05, 0.1) is 12.2 Å². The number of nitrogens with zero attached hydrogens (tertiary/aromatic N) is 1. The molecule has 1 heterocycles. The minimum absolute atomic E-state index is 0.181. The zero-order valence-corrected chi connectivity index (χ0v) is 18.2. The van der Waals surface area contributed by atoms with Gasteiger partial charge in [0.1, 0.15) is 0 Å². The van der Waals surface area contributed by atoms with Crippen molar-refractivity contribution in [3.63, 3.8) is 0 Å². The molecule has 0 unspecified atom stereocenters. The summed E-state index contributed by atoms with van der Waals surface area (Å²) in [5.74, 6) is 0.181. The van der Waals surface area contributed by atoms with Crippen LogP contribution in [0.25, 0.3) is 0 Å². The fourth-order valence-corrected chi connectivity index (χ4v) is 3.71. The molecule has 0 amide bonds. The Bertz CT molecular complexity index is 838. The van der Waals surface area contributed by atoms with Gasteiger partial charge in [-0.1, -0.05) is 46.2 Å². The zero-order valence-electron chi connectivity index (χ0n) is 15.8. The summed E-state index contributed by atoms with van der Waals surface area (Å²) in [6, 6.07) is 13.6.